The molecule has 0 spiro atoms. The molecule has 2 aliphatic rings. The van der Waals surface area contributed by atoms with E-state index in [2.05, 4.69) is 27.4 Å². The van der Waals surface area contributed by atoms with E-state index in [1.807, 2.05) is 31.2 Å². The molecule has 2 heterocycles. The number of anilines is 1. The first-order valence-electron chi connectivity index (χ1n) is 8.89. The Labute approximate surface area is 148 Å². The van der Waals surface area contributed by atoms with Gasteiger partial charge in [-0.3, -0.25) is 14.9 Å². The molecule has 2 aliphatic heterocycles. The summed E-state index contributed by atoms with van der Waals surface area (Å²) in [6.45, 7) is 9.00. The molecule has 2 amide bonds. The molecule has 0 radical (unpaired) electrons. The summed E-state index contributed by atoms with van der Waals surface area (Å²) >= 11 is 0. The van der Waals surface area contributed by atoms with Crippen LogP contribution in [0.3, 0.4) is 0 Å². The first kappa shape index (κ1) is 17.4. The summed E-state index contributed by atoms with van der Waals surface area (Å²) in [5, 5.41) is 5.67. The Morgan fingerprint density at radius 2 is 2.00 bits per heavy atom. The van der Waals surface area contributed by atoms with Gasteiger partial charge in [0.25, 0.3) is 0 Å². The van der Waals surface area contributed by atoms with Crippen molar-refractivity contribution >= 4 is 23.5 Å². The van der Waals surface area contributed by atoms with E-state index in [4.69, 9.17) is 0 Å². The SMILES string of the molecule is CC[NH+]1CCN(C2=N[C@H](C(=O)Nc3ccc(C)cc3)CC(=O)N2)CC1. The molecule has 1 saturated heterocycles. The van der Waals surface area contributed by atoms with Crippen LogP contribution >= 0.6 is 0 Å². The summed E-state index contributed by atoms with van der Waals surface area (Å²) in [7, 11) is 0. The number of hydrogen-bond acceptors (Lipinski definition) is 4. The van der Waals surface area contributed by atoms with E-state index in [0.29, 0.717) is 5.96 Å². The smallest absolute Gasteiger partial charge is 0.249 e. The summed E-state index contributed by atoms with van der Waals surface area (Å²) in [6, 6.07) is 6.91. The number of nitrogens with zero attached hydrogens (tertiary/aromatic N) is 2. The number of amides is 2. The number of likely N-dealkylation sites (N-methyl/N-ethyl adjacent to an activating group) is 1. The largest absolute Gasteiger partial charge is 0.332 e. The van der Waals surface area contributed by atoms with Crippen LogP contribution < -0.4 is 15.5 Å². The van der Waals surface area contributed by atoms with Crippen LogP contribution in [0.5, 0.6) is 0 Å². The summed E-state index contributed by atoms with van der Waals surface area (Å²) in [5.41, 5.74) is 1.85. The Morgan fingerprint density at radius 3 is 2.64 bits per heavy atom. The molecule has 0 unspecified atom stereocenters. The minimum Gasteiger partial charge on any atom is -0.332 e. The Balaban J connectivity index is 1.67. The van der Waals surface area contributed by atoms with E-state index in [1.54, 1.807) is 4.90 Å². The monoisotopic (exact) mass is 344 g/mol. The summed E-state index contributed by atoms with van der Waals surface area (Å²) in [6.07, 6.45) is 0.0847. The third-order valence-corrected chi connectivity index (χ3v) is 4.80. The zero-order chi connectivity index (χ0) is 17.8. The summed E-state index contributed by atoms with van der Waals surface area (Å²) < 4.78 is 0. The van der Waals surface area contributed by atoms with Crippen molar-refractivity contribution in [3.63, 3.8) is 0 Å². The maximum absolute atomic E-state index is 12.5. The molecule has 1 aromatic carbocycles. The molecule has 25 heavy (non-hydrogen) atoms. The Morgan fingerprint density at radius 1 is 1.32 bits per heavy atom. The zero-order valence-electron chi connectivity index (χ0n) is 14.8. The number of rotatable bonds is 3. The third kappa shape index (κ3) is 4.36. The van der Waals surface area contributed by atoms with Crippen molar-refractivity contribution in [2.45, 2.75) is 26.3 Å². The van der Waals surface area contributed by atoms with Gasteiger partial charge in [0.2, 0.25) is 17.8 Å². The first-order valence-corrected chi connectivity index (χ1v) is 8.89. The number of carbonyl (C=O) groups is 2. The molecule has 1 aromatic rings. The number of aryl methyl sites for hydroxylation is 1. The van der Waals surface area contributed by atoms with Crippen LogP contribution in [-0.2, 0) is 9.59 Å². The van der Waals surface area contributed by atoms with Gasteiger partial charge in [-0.1, -0.05) is 17.7 Å². The van der Waals surface area contributed by atoms with Crippen molar-refractivity contribution in [3.8, 4) is 0 Å². The van der Waals surface area contributed by atoms with Crippen LogP contribution in [-0.4, -0.2) is 61.4 Å². The lowest BCUT2D eigenvalue weighted by Crippen LogP contribution is -3.14. The lowest BCUT2D eigenvalue weighted by Gasteiger charge is -2.35. The Kier molecular flexibility index (Phi) is 5.33. The zero-order valence-corrected chi connectivity index (χ0v) is 14.8. The maximum atomic E-state index is 12.5. The van der Waals surface area contributed by atoms with Crippen LogP contribution in [0.25, 0.3) is 0 Å². The Hall–Kier alpha value is -2.41. The number of nitrogens with one attached hydrogen (secondary N) is 3. The minimum atomic E-state index is -0.679. The van der Waals surface area contributed by atoms with Crippen LogP contribution in [0.4, 0.5) is 5.69 Å². The van der Waals surface area contributed by atoms with Crippen molar-refractivity contribution in [2.75, 3.05) is 38.0 Å². The number of aliphatic imine (C=N–C) groups is 1. The minimum absolute atomic E-state index is 0.0847. The highest BCUT2D eigenvalue weighted by molar-refractivity contribution is 6.05. The van der Waals surface area contributed by atoms with Gasteiger partial charge >= 0.3 is 0 Å². The number of piperazine rings is 1. The van der Waals surface area contributed by atoms with Gasteiger partial charge in [0.05, 0.1) is 39.1 Å². The molecule has 134 valence electrons. The highest BCUT2D eigenvalue weighted by Gasteiger charge is 2.31. The summed E-state index contributed by atoms with van der Waals surface area (Å²) in [4.78, 5) is 32.7. The predicted octanol–water partition coefficient (Wildman–Crippen LogP) is -0.602. The fourth-order valence-corrected chi connectivity index (χ4v) is 3.14. The van der Waals surface area contributed by atoms with Crippen molar-refractivity contribution in [1.82, 2.24) is 10.2 Å². The second-order valence-electron chi connectivity index (χ2n) is 6.67. The first-order chi connectivity index (χ1) is 12.0. The van der Waals surface area contributed by atoms with Crippen LogP contribution in [0.1, 0.15) is 18.9 Å². The molecule has 0 aliphatic carbocycles. The van der Waals surface area contributed by atoms with Crippen LogP contribution in [0, 0.1) is 6.92 Å². The highest BCUT2D eigenvalue weighted by Crippen LogP contribution is 2.13. The molecule has 1 atom stereocenters. The molecular weight excluding hydrogens is 318 g/mol. The second-order valence-corrected chi connectivity index (χ2v) is 6.67. The van der Waals surface area contributed by atoms with Gasteiger partial charge in [-0.15, -0.1) is 0 Å². The second kappa shape index (κ2) is 7.65. The number of carbonyl (C=O) groups excluding carboxylic acids is 2. The average Bonchev–Trinajstić information content (AvgIpc) is 2.63. The molecule has 1 fully saturated rings. The van der Waals surface area contributed by atoms with Gasteiger partial charge in [-0.2, -0.15) is 0 Å². The van der Waals surface area contributed by atoms with E-state index >= 15 is 0 Å². The van der Waals surface area contributed by atoms with Crippen molar-refractivity contribution < 1.29 is 14.5 Å². The molecule has 0 bridgehead atoms. The van der Waals surface area contributed by atoms with E-state index in [9.17, 15) is 9.59 Å². The van der Waals surface area contributed by atoms with E-state index in [0.717, 1.165) is 44.0 Å². The number of benzene rings is 1. The maximum Gasteiger partial charge on any atom is 0.249 e. The van der Waals surface area contributed by atoms with Gasteiger partial charge in [0, 0.05) is 5.69 Å². The molecule has 7 heteroatoms. The van der Waals surface area contributed by atoms with Gasteiger partial charge in [-0.25, -0.2) is 4.99 Å². The summed E-state index contributed by atoms with van der Waals surface area (Å²) in [5.74, 6) is 0.142. The molecule has 3 N–H and O–H groups in total. The average molecular weight is 344 g/mol. The molecule has 0 aromatic heterocycles. The molecule has 0 saturated carbocycles. The normalized spacial score (nSPS) is 21.5. The predicted molar refractivity (Wildman–Crippen MR) is 96.6 cm³/mol. The molecule has 7 nitrogen and oxygen atoms in total. The highest BCUT2D eigenvalue weighted by atomic mass is 16.2. The fourth-order valence-electron chi connectivity index (χ4n) is 3.14. The molecular formula is C18H26N5O2+. The lowest BCUT2D eigenvalue weighted by molar-refractivity contribution is -0.902. The van der Waals surface area contributed by atoms with Gasteiger partial charge < -0.3 is 15.1 Å². The quantitative estimate of drug-likeness (QED) is 0.685. The van der Waals surface area contributed by atoms with Gasteiger partial charge in [0.1, 0.15) is 6.04 Å². The Bertz CT molecular complexity index is 663. The lowest BCUT2D eigenvalue weighted by atomic mass is 10.1. The standard InChI is InChI=1S/C18H25N5O2/c1-3-22-8-10-23(11-9-22)18-20-15(12-16(24)21-18)17(25)19-14-6-4-13(2)5-7-14/h4-7,15H,3,8-12H2,1-2H3,(H,19,25)(H,20,21,24)/p+1/t15-/m0/s1. The van der Waals surface area contributed by atoms with Crippen molar-refractivity contribution in [1.29, 1.82) is 0 Å². The van der Waals surface area contributed by atoms with Gasteiger partial charge in [0.15, 0.2) is 0 Å². The third-order valence-electron chi connectivity index (χ3n) is 4.80. The van der Waals surface area contributed by atoms with Crippen molar-refractivity contribution in [2.24, 2.45) is 4.99 Å². The number of hydrogen-bond donors (Lipinski definition) is 3. The fraction of sp³-hybridized carbons (Fsp3) is 0.500. The van der Waals surface area contributed by atoms with E-state index in [-0.39, 0.29) is 18.2 Å². The van der Waals surface area contributed by atoms with Crippen LogP contribution in [0.2, 0.25) is 0 Å². The van der Waals surface area contributed by atoms with Crippen molar-refractivity contribution in [3.05, 3.63) is 29.8 Å². The number of quaternary nitrogens is 1. The van der Waals surface area contributed by atoms with Crippen LogP contribution in [0.15, 0.2) is 29.3 Å². The van der Waals surface area contributed by atoms with Gasteiger partial charge in [-0.05, 0) is 26.0 Å². The van der Waals surface area contributed by atoms with E-state index < -0.39 is 6.04 Å². The topological polar surface area (TPSA) is 78.2 Å². The molecule has 3 rings (SSSR count). The number of guanidine groups is 1. The van der Waals surface area contributed by atoms with E-state index in [1.165, 1.54) is 0 Å².